The third-order valence-electron chi connectivity index (χ3n) is 0. The standard InChI is InChI=1S/BH3O3.FH2N.Zn/c2-1(3)4;1-2;/h2-4H;2H2;. The van der Waals surface area contributed by atoms with Gasteiger partial charge in [-0.05, 0) is 0 Å². The Bertz CT molecular complexity index is 19.7. The summed E-state index contributed by atoms with van der Waals surface area (Å²) in [6.45, 7) is 0. The second-order valence-electron chi connectivity index (χ2n) is 0.346. The van der Waals surface area contributed by atoms with Gasteiger partial charge in [-0.2, -0.15) is 5.96 Å². The van der Waals surface area contributed by atoms with Crippen LogP contribution < -0.4 is 5.96 Å². The van der Waals surface area contributed by atoms with Crippen LogP contribution in [0, 0.1) is 0 Å². The van der Waals surface area contributed by atoms with Crippen molar-refractivity contribution >= 4 is 7.32 Å². The molecular weight excluding hydrogens is 157 g/mol. The first-order chi connectivity index (χ1) is 2.73. The van der Waals surface area contributed by atoms with Crippen LogP contribution in [0.4, 0.5) is 4.48 Å². The summed E-state index contributed by atoms with van der Waals surface area (Å²) in [5.74, 6) is 3.00. The van der Waals surface area contributed by atoms with Gasteiger partial charge in [0, 0.05) is 19.5 Å². The molecule has 0 aliphatic carbocycles. The molecule has 7 heavy (non-hydrogen) atoms. The zero-order chi connectivity index (χ0) is 5.58. The number of halogens is 1. The fraction of sp³-hybridized carbons (Fsp3) is 0. The van der Waals surface area contributed by atoms with E-state index < -0.39 is 7.32 Å². The quantitative estimate of drug-likeness (QED) is 0.240. The minimum atomic E-state index is -2.17. The van der Waals surface area contributed by atoms with Gasteiger partial charge >= 0.3 is 7.32 Å². The Morgan fingerprint density at radius 1 is 1.14 bits per heavy atom. The van der Waals surface area contributed by atoms with Gasteiger partial charge in [-0.3, -0.25) is 0 Å². The zero-order valence-electron chi connectivity index (χ0n) is 3.58. The van der Waals surface area contributed by atoms with Crippen molar-refractivity contribution in [3.05, 3.63) is 0 Å². The van der Waals surface area contributed by atoms with E-state index in [1.165, 1.54) is 0 Å². The van der Waals surface area contributed by atoms with Crippen LogP contribution in [0.25, 0.3) is 0 Å². The average Bonchev–Trinajstić information content (AvgIpc) is 1.41. The smallest absolute Gasteiger partial charge is 0.402 e. The summed E-state index contributed by atoms with van der Waals surface area (Å²) < 4.78 is 9.00. The van der Waals surface area contributed by atoms with Crippen LogP contribution >= 0.6 is 0 Å². The summed E-state index contributed by atoms with van der Waals surface area (Å²) in [5.41, 5.74) is 0. The van der Waals surface area contributed by atoms with Gasteiger partial charge in [0.2, 0.25) is 0 Å². The maximum absolute atomic E-state index is 9.00. The van der Waals surface area contributed by atoms with Crippen molar-refractivity contribution in [1.82, 2.24) is 0 Å². The monoisotopic (exact) mass is 161 g/mol. The van der Waals surface area contributed by atoms with Crippen molar-refractivity contribution in [1.29, 1.82) is 0 Å². The molecule has 0 heterocycles. The van der Waals surface area contributed by atoms with Gasteiger partial charge in [-0.25, -0.2) is 0 Å². The molecule has 0 bridgehead atoms. The van der Waals surface area contributed by atoms with Crippen molar-refractivity contribution in [3.63, 3.8) is 0 Å². The first-order valence-corrected chi connectivity index (χ1v) is 0.993. The predicted octanol–water partition coefficient (Wildman–Crippen LogP) is -2.22. The number of hydrogen-bond donors (Lipinski definition) is 4. The molecule has 0 spiro atoms. The zero-order valence-corrected chi connectivity index (χ0v) is 6.55. The second-order valence-corrected chi connectivity index (χ2v) is 0.346. The van der Waals surface area contributed by atoms with Gasteiger partial charge in [0.1, 0.15) is 0 Å². The summed E-state index contributed by atoms with van der Waals surface area (Å²) in [4.78, 5) is 0. The Labute approximate surface area is 53.0 Å². The molecule has 5 N–H and O–H groups in total. The molecule has 0 aromatic carbocycles. The molecule has 0 unspecified atom stereocenters. The van der Waals surface area contributed by atoms with E-state index in [2.05, 4.69) is 5.96 Å². The SMILES string of the molecule is NF.OB(O)O.[Zn]. The number of rotatable bonds is 0. The normalized spacial score (nSPS) is 4.71. The van der Waals surface area contributed by atoms with E-state index in [-0.39, 0.29) is 19.5 Å². The van der Waals surface area contributed by atoms with E-state index in [0.29, 0.717) is 0 Å². The Hall–Kier alpha value is 0.458. The fourth-order valence-electron chi connectivity index (χ4n) is 0. The van der Waals surface area contributed by atoms with Gasteiger partial charge in [-0.1, -0.05) is 0 Å². The van der Waals surface area contributed by atoms with Crippen LogP contribution in [0.3, 0.4) is 0 Å². The Kier molecular flexibility index (Phi) is 36.0. The van der Waals surface area contributed by atoms with E-state index >= 15 is 0 Å². The van der Waals surface area contributed by atoms with Crippen molar-refractivity contribution in [2.45, 2.75) is 0 Å². The molecule has 40 valence electrons. The maximum atomic E-state index is 9.00. The Balaban J connectivity index is -0.0000000480. The second kappa shape index (κ2) is 16.1. The topological polar surface area (TPSA) is 86.7 Å². The minimum Gasteiger partial charge on any atom is -0.402 e. The van der Waals surface area contributed by atoms with Crippen LogP contribution in [0.1, 0.15) is 0 Å². The maximum Gasteiger partial charge on any atom is 0.631 e. The molecular formula is H5BFNO3Zn. The van der Waals surface area contributed by atoms with Crippen LogP contribution in [0.15, 0.2) is 0 Å². The summed E-state index contributed by atoms with van der Waals surface area (Å²) >= 11 is 0. The van der Waals surface area contributed by atoms with E-state index in [4.69, 9.17) is 19.6 Å². The molecule has 0 atom stereocenters. The van der Waals surface area contributed by atoms with Crippen LogP contribution in [-0.2, 0) is 19.5 Å². The molecule has 0 radical (unpaired) electrons. The van der Waals surface area contributed by atoms with Crippen molar-refractivity contribution in [2.24, 2.45) is 5.96 Å². The molecule has 0 fully saturated rings. The third kappa shape index (κ3) is 611. The van der Waals surface area contributed by atoms with Gasteiger partial charge in [-0.15, -0.1) is 4.48 Å². The molecule has 7 heteroatoms. The first kappa shape index (κ1) is 15.7. The van der Waals surface area contributed by atoms with E-state index in [1.54, 1.807) is 0 Å². The molecule has 0 amide bonds. The molecule has 0 aliphatic heterocycles. The molecule has 0 saturated carbocycles. The van der Waals surface area contributed by atoms with Crippen molar-refractivity contribution in [2.75, 3.05) is 0 Å². The summed E-state index contributed by atoms with van der Waals surface area (Å²) in [7, 11) is -2.17. The molecule has 0 aliphatic rings. The molecule has 0 rings (SSSR count). The Morgan fingerprint density at radius 2 is 1.14 bits per heavy atom. The Morgan fingerprint density at radius 3 is 1.14 bits per heavy atom. The van der Waals surface area contributed by atoms with Gasteiger partial charge in [0.15, 0.2) is 0 Å². The molecule has 0 saturated heterocycles. The summed E-state index contributed by atoms with van der Waals surface area (Å²) in [6, 6.07) is 0. The summed E-state index contributed by atoms with van der Waals surface area (Å²) in [5, 5.41) is 21.5. The fourth-order valence-corrected chi connectivity index (χ4v) is 0. The molecule has 0 aromatic rings. The van der Waals surface area contributed by atoms with Crippen molar-refractivity contribution in [3.8, 4) is 0 Å². The minimum absolute atomic E-state index is 0. The largest absolute Gasteiger partial charge is 0.631 e. The van der Waals surface area contributed by atoms with Gasteiger partial charge < -0.3 is 15.1 Å². The van der Waals surface area contributed by atoms with E-state index in [9.17, 15) is 0 Å². The summed E-state index contributed by atoms with van der Waals surface area (Å²) in [6.07, 6.45) is 0. The molecule has 4 nitrogen and oxygen atoms in total. The number of nitrogens with two attached hydrogens (primary N) is 1. The van der Waals surface area contributed by atoms with Crippen LogP contribution in [0.5, 0.6) is 0 Å². The van der Waals surface area contributed by atoms with Crippen molar-refractivity contribution < 1.29 is 39.0 Å². The number of hydrogen-bond acceptors (Lipinski definition) is 4. The third-order valence-corrected chi connectivity index (χ3v) is 0. The van der Waals surface area contributed by atoms with E-state index in [1.807, 2.05) is 0 Å². The first-order valence-electron chi connectivity index (χ1n) is 0.993. The van der Waals surface area contributed by atoms with E-state index in [0.717, 1.165) is 0 Å². The van der Waals surface area contributed by atoms with Gasteiger partial charge in [0.05, 0.1) is 0 Å². The van der Waals surface area contributed by atoms with Gasteiger partial charge in [0.25, 0.3) is 0 Å². The average molecular weight is 162 g/mol. The van der Waals surface area contributed by atoms with Crippen LogP contribution in [0.2, 0.25) is 0 Å². The predicted molar refractivity (Wildman–Crippen MR) is 17.7 cm³/mol. The molecule has 0 aromatic heterocycles. The van der Waals surface area contributed by atoms with Crippen LogP contribution in [-0.4, -0.2) is 22.4 Å².